The maximum absolute atomic E-state index is 12.8. The average molecular weight is 425 g/mol. The van der Waals surface area contributed by atoms with Gasteiger partial charge in [0.15, 0.2) is 0 Å². The second-order valence-corrected chi connectivity index (χ2v) is 9.84. The lowest BCUT2D eigenvalue weighted by Gasteiger charge is -2.47. The molecule has 1 aliphatic heterocycles. The van der Waals surface area contributed by atoms with Crippen molar-refractivity contribution in [3.8, 4) is 0 Å². The Labute approximate surface area is 187 Å². The van der Waals surface area contributed by atoms with Crippen LogP contribution in [-0.2, 0) is 6.42 Å². The number of nitrogens with zero attached hydrogens (tertiary/aromatic N) is 2. The van der Waals surface area contributed by atoms with Gasteiger partial charge in [-0.15, -0.1) is 0 Å². The fraction of sp³-hybridized carbons (Fsp3) is 0.654. The van der Waals surface area contributed by atoms with Crippen molar-refractivity contribution in [1.82, 2.24) is 20.1 Å². The van der Waals surface area contributed by atoms with Crippen molar-refractivity contribution in [3.63, 3.8) is 0 Å². The molecule has 1 fully saturated rings. The van der Waals surface area contributed by atoms with E-state index in [1.165, 1.54) is 33.3 Å². The second kappa shape index (κ2) is 8.85. The van der Waals surface area contributed by atoms with Crippen LogP contribution in [0, 0.1) is 6.92 Å². The van der Waals surface area contributed by atoms with Gasteiger partial charge in [-0.1, -0.05) is 26.8 Å². The molecule has 0 bridgehead atoms. The van der Waals surface area contributed by atoms with Crippen LogP contribution in [0.1, 0.15) is 81.7 Å². The third kappa shape index (κ3) is 3.97. The fourth-order valence-electron chi connectivity index (χ4n) is 5.92. The van der Waals surface area contributed by atoms with Crippen LogP contribution in [0.15, 0.2) is 12.1 Å². The summed E-state index contributed by atoms with van der Waals surface area (Å²) in [5.74, 6) is 0.966. The number of H-pyrrole nitrogens is 1. The lowest BCUT2D eigenvalue weighted by atomic mass is 9.72. The number of likely N-dealkylation sites (tertiary alicyclic amines) is 1. The highest BCUT2D eigenvalue weighted by Gasteiger charge is 2.41. The Morgan fingerprint density at radius 1 is 1.26 bits per heavy atom. The molecule has 170 valence electrons. The molecule has 0 spiro atoms. The number of urea groups is 1. The minimum Gasteiger partial charge on any atom is -0.358 e. The topological polar surface area (TPSA) is 51.4 Å². The predicted molar refractivity (Wildman–Crippen MR) is 129 cm³/mol. The van der Waals surface area contributed by atoms with Crippen LogP contribution in [0.2, 0.25) is 0 Å². The van der Waals surface area contributed by atoms with Gasteiger partial charge in [0.1, 0.15) is 0 Å². The maximum Gasteiger partial charge on any atom is 0.317 e. The summed E-state index contributed by atoms with van der Waals surface area (Å²) in [5.41, 5.74) is 7.03. The van der Waals surface area contributed by atoms with E-state index in [1.54, 1.807) is 0 Å². The Morgan fingerprint density at radius 3 is 2.65 bits per heavy atom. The summed E-state index contributed by atoms with van der Waals surface area (Å²) in [6.07, 6.45) is 3.28. The van der Waals surface area contributed by atoms with Crippen molar-refractivity contribution >= 4 is 16.9 Å². The molecular weight excluding hydrogens is 384 g/mol. The van der Waals surface area contributed by atoms with Crippen molar-refractivity contribution in [1.29, 1.82) is 0 Å². The Kier molecular flexibility index (Phi) is 6.34. The smallest absolute Gasteiger partial charge is 0.317 e. The third-order valence-corrected chi connectivity index (χ3v) is 7.56. The van der Waals surface area contributed by atoms with Gasteiger partial charge in [-0.05, 0) is 75.3 Å². The van der Waals surface area contributed by atoms with Gasteiger partial charge < -0.3 is 15.2 Å². The van der Waals surface area contributed by atoms with Gasteiger partial charge in [0, 0.05) is 54.2 Å². The van der Waals surface area contributed by atoms with E-state index in [1.807, 2.05) is 4.90 Å². The van der Waals surface area contributed by atoms with Crippen molar-refractivity contribution < 1.29 is 4.79 Å². The molecule has 1 aromatic heterocycles. The van der Waals surface area contributed by atoms with E-state index in [0.717, 1.165) is 45.4 Å². The molecule has 1 aliphatic carbocycles. The van der Waals surface area contributed by atoms with Crippen LogP contribution in [0.4, 0.5) is 4.79 Å². The van der Waals surface area contributed by atoms with Crippen molar-refractivity contribution in [2.75, 3.05) is 26.2 Å². The molecule has 5 heteroatoms. The minimum atomic E-state index is 0.0833. The number of nitrogens with one attached hydrogen (secondary N) is 2. The first-order valence-electron chi connectivity index (χ1n) is 12.3. The quantitative estimate of drug-likeness (QED) is 0.674. The number of piperidine rings is 1. The van der Waals surface area contributed by atoms with Gasteiger partial charge in [-0.25, -0.2) is 4.79 Å². The van der Waals surface area contributed by atoms with E-state index in [9.17, 15) is 4.79 Å². The summed E-state index contributed by atoms with van der Waals surface area (Å²) in [4.78, 5) is 21.1. The van der Waals surface area contributed by atoms with Gasteiger partial charge in [0.25, 0.3) is 0 Å². The van der Waals surface area contributed by atoms with Crippen LogP contribution < -0.4 is 5.32 Å². The predicted octanol–water partition coefficient (Wildman–Crippen LogP) is 5.14. The number of hydrogen-bond donors (Lipinski definition) is 2. The first kappa shape index (κ1) is 22.2. The summed E-state index contributed by atoms with van der Waals surface area (Å²) in [5, 5.41) is 4.83. The SMILES string of the molecule is CCCN1C[C@@H](NC(=O)N(CC)CC)C[C@@H]2c3cc(C(C)C)cc4[nH]c(C)c(c34)C[C@H]21. The highest BCUT2D eigenvalue weighted by atomic mass is 16.2. The van der Waals surface area contributed by atoms with E-state index in [0.29, 0.717) is 17.9 Å². The zero-order valence-corrected chi connectivity index (χ0v) is 20.2. The molecule has 1 aromatic carbocycles. The van der Waals surface area contributed by atoms with Crippen LogP contribution in [0.5, 0.6) is 0 Å². The average Bonchev–Trinajstić information content (AvgIpc) is 3.05. The molecule has 3 atom stereocenters. The molecule has 2 N–H and O–H groups in total. The zero-order chi connectivity index (χ0) is 22.3. The highest BCUT2D eigenvalue weighted by molar-refractivity contribution is 5.90. The molecule has 2 aliphatic rings. The number of fused-ring (bicyclic) bond motifs is 2. The number of amides is 2. The maximum atomic E-state index is 12.8. The first-order valence-corrected chi connectivity index (χ1v) is 12.3. The third-order valence-electron chi connectivity index (χ3n) is 7.56. The van der Waals surface area contributed by atoms with Crippen LogP contribution >= 0.6 is 0 Å². The van der Waals surface area contributed by atoms with Gasteiger partial charge >= 0.3 is 6.03 Å². The summed E-state index contributed by atoms with van der Waals surface area (Å²) in [7, 11) is 0. The number of aromatic nitrogens is 1. The summed E-state index contributed by atoms with van der Waals surface area (Å²) < 4.78 is 0. The van der Waals surface area contributed by atoms with Gasteiger partial charge in [-0.2, -0.15) is 0 Å². The normalized spacial score (nSPS) is 23.3. The number of benzene rings is 1. The van der Waals surface area contributed by atoms with E-state index in [4.69, 9.17) is 0 Å². The van der Waals surface area contributed by atoms with Crippen LogP contribution in [0.25, 0.3) is 10.9 Å². The van der Waals surface area contributed by atoms with Gasteiger partial charge in [-0.3, -0.25) is 4.90 Å². The second-order valence-electron chi connectivity index (χ2n) is 9.84. The monoisotopic (exact) mass is 424 g/mol. The number of aryl methyl sites for hydroxylation is 1. The highest BCUT2D eigenvalue weighted by Crippen LogP contribution is 2.45. The Balaban J connectivity index is 1.73. The summed E-state index contributed by atoms with van der Waals surface area (Å²) in [6.45, 7) is 16.7. The van der Waals surface area contributed by atoms with Gasteiger partial charge in [0.05, 0.1) is 0 Å². The zero-order valence-electron chi connectivity index (χ0n) is 20.2. The number of hydrogen-bond acceptors (Lipinski definition) is 2. The molecule has 0 saturated carbocycles. The molecule has 0 unspecified atom stereocenters. The number of aromatic amines is 1. The standard InChI is InChI=1S/C26H40N4O/c1-7-10-30-15-19(28-26(31)29(8-2)9-3)13-21-22-11-18(16(4)5)12-23-25(22)20(14-24(21)30)17(6)27-23/h11-12,16,19,21,24,27H,7-10,13-15H2,1-6H3,(H,28,31)/t19-,21+,24+/m0/s1. The molecule has 1 saturated heterocycles. The molecule has 0 radical (unpaired) electrons. The minimum absolute atomic E-state index is 0.0833. The molecule has 31 heavy (non-hydrogen) atoms. The Hall–Kier alpha value is -2.01. The van der Waals surface area contributed by atoms with Crippen LogP contribution in [-0.4, -0.2) is 59.1 Å². The van der Waals surface area contributed by atoms with E-state index < -0.39 is 0 Å². The molecule has 2 heterocycles. The van der Waals surface area contributed by atoms with Gasteiger partial charge in [0.2, 0.25) is 0 Å². The molecule has 4 rings (SSSR count). The van der Waals surface area contributed by atoms with E-state index >= 15 is 0 Å². The van der Waals surface area contributed by atoms with E-state index in [-0.39, 0.29) is 12.1 Å². The van der Waals surface area contributed by atoms with Crippen LogP contribution in [0.3, 0.4) is 0 Å². The van der Waals surface area contributed by atoms with Crippen molar-refractivity contribution in [2.24, 2.45) is 0 Å². The molecule has 2 aromatic rings. The van der Waals surface area contributed by atoms with Crippen molar-refractivity contribution in [2.45, 2.75) is 84.7 Å². The number of rotatable bonds is 6. The lowest BCUT2D eigenvalue weighted by Crippen LogP contribution is -2.58. The summed E-state index contributed by atoms with van der Waals surface area (Å²) >= 11 is 0. The largest absolute Gasteiger partial charge is 0.358 e. The van der Waals surface area contributed by atoms with Crippen molar-refractivity contribution in [3.05, 3.63) is 34.5 Å². The Bertz CT molecular complexity index is 943. The number of carbonyl (C=O) groups excluding carboxylic acids is 1. The fourth-order valence-corrected chi connectivity index (χ4v) is 5.92. The molecular formula is C26H40N4O. The molecule has 5 nitrogen and oxygen atoms in total. The number of carbonyl (C=O) groups is 1. The molecule has 2 amide bonds. The van der Waals surface area contributed by atoms with E-state index in [2.05, 4.69) is 68.9 Å². The Morgan fingerprint density at radius 2 is 2.00 bits per heavy atom. The summed E-state index contributed by atoms with van der Waals surface area (Å²) in [6, 6.07) is 5.63. The first-order chi connectivity index (χ1) is 14.9. The lowest BCUT2D eigenvalue weighted by molar-refractivity contribution is 0.0978.